The number of hydrogen-bond acceptors (Lipinski definition) is 6. The molecule has 8 nitrogen and oxygen atoms in total. The van der Waals surface area contributed by atoms with E-state index >= 15 is 0 Å². The fourth-order valence-electron chi connectivity index (χ4n) is 3.97. The second kappa shape index (κ2) is 16.1. The molecule has 0 spiro atoms. The van der Waals surface area contributed by atoms with Crippen LogP contribution in [0.1, 0.15) is 49.0 Å². The van der Waals surface area contributed by atoms with Crippen molar-refractivity contribution in [1.82, 2.24) is 10.6 Å². The molecule has 216 valence electrons. The van der Waals surface area contributed by atoms with E-state index in [2.05, 4.69) is 10.6 Å². The van der Waals surface area contributed by atoms with Gasteiger partial charge in [0, 0.05) is 38.4 Å². The Kier molecular flexibility index (Phi) is 13.3. The van der Waals surface area contributed by atoms with Gasteiger partial charge in [0.05, 0.1) is 18.3 Å². The summed E-state index contributed by atoms with van der Waals surface area (Å²) in [5, 5.41) is 15.5. The number of carbonyl (C=O) groups excluding carboxylic acids is 2. The van der Waals surface area contributed by atoms with Gasteiger partial charge in [0.1, 0.15) is 5.75 Å². The highest BCUT2D eigenvalue weighted by Gasteiger charge is 2.40. The summed E-state index contributed by atoms with van der Waals surface area (Å²) in [4.78, 5) is 25.0. The van der Waals surface area contributed by atoms with Gasteiger partial charge in [0.15, 0.2) is 0 Å². The fourth-order valence-corrected chi connectivity index (χ4v) is 3.97. The van der Waals surface area contributed by atoms with E-state index in [1.807, 2.05) is 13.8 Å². The molecule has 0 aliphatic carbocycles. The molecule has 10 heteroatoms. The highest BCUT2D eigenvalue weighted by molar-refractivity contribution is 5.96. The average Bonchev–Trinajstić information content (AvgIpc) is 2.93. The van der Waals surface area contributed by atoms with Crippen molar-refractivity contribution in [2.24, 2.45) is 17.6 Å². The number of carbonyl (C=O) groups is 2. The Balaban J connectivity index is 1.88. The summed E-state index contributed by atoms with van der Waals surface area (Å²) in [6.07, 6.45) is 0.710. The molecule has 0 aliphatic heterocycles. The van der Waals surface area contributed by atoms with Crippen molar-refractivity contribution < 1.29 is 33.0 Å². The molecular weight excluding hydrogens is 508 g/mol. The maximum Gasteiger partial charge on any atom is 0.349 e. The summed E-state index contributed by atoms with van der Waals surface area (Å²) < 4.78 is 39.6. The maximum absolute atomic E-state index is 14.4. The minimum atomic E-state index is -3.74. The Bertz CT molecular complexity index is 1020. The van der Waals surface area contributed by atoms with Gasteiger partial charge in [0.2, 0.25) is 0 Å². The van der Waals surface area contributed by atoms with Gasteiger partial charge >= 0.3 is 5.92 Å². The molecule has 0 aliphatic rings. The molecule has 0 heterocycles. The lowest BCUT2D eigenvalue weighted by atomic mass is 9.87. The average molecular weight is 550 g/mol. The largest absolute Gasteiger partial charge is 0.493 e. The van der Waals surface area contributed by atoms with Crippen molar-refractivity contribution in [2.75, 3.05) is 33.4 Å². The van der Waals surface area contributed by atoms with Crippen LogP contribution in [-0.2, 0) is 15.5 Å². The van der Waals surface area contributed by atoms with E-state index in [-0.39, 0.29) is 24.3 Å². The lowest BCUT2D eigenvalue weighted by Crippen LogP contribution is -2.48. The number of para-hydroxylation sites is 1. The second-order valence-corrected chi connectivity index (χ2v) is 9.88. The summed E-state index contributed by atoms with van der Waals surface area (Å²) >= 11 is 0. The van der Waals surface area contributed by atoms with Crippen LogP contribution in [0, 0.1) is 11.8 Å². The smallest absolute Gasteiger partial charge is 0.349 e. The molecule has 2 amide bonds. The number of aliphatic hydroxyl groups is 1. The van der Waals surface area contributed by atoms with E-state index in [1.165, 1.54) is 12.1 Å². The van der Waals surface area contributed by atoms with Gasteiger partial charge in [-0.25, -0.2) is 0 Å². The van der Waals surface area contributed by atoms with Gasteiger partial charge in [-0.2, -0.15) is 8.78 Å². The van der Waals surface area contributed by atoms with Crippen LogP contribution in [0.25, 0.3) is 0 Å². The van der Waals surface area contributed by atoms with Gasteiger partial charge < -0.3 is 30.9 Å². The summed E-state index contributed by atoms with van der Waals surface area (Å²) in [7, 11) is 1.64. The number of unbranched alkanes of at least 4 members (excludes halogenated alkanes) is 1. The molecule has 0 saturated carbocycles. The van der Waals surface area contributed by atoms with Crippen LogP contribution in [0.15, 0.2) is 54.6 Å². The summed E-state index contributed by atoms with van der Waals surface area (Å²) in [5.41, 5.74) is 6.14. The number of hydrogen-bond donors (Lipinski definition) is 4. The van der Waals surface area contributed by atoms with Crippen LogP contribution < -0.4 is 21.1 Å². The van der Waals surface area contributed by atoms with Gasteiger partial charge in [-0.15, -0.1) is 0 Å². The van der Waals surface area contributed by atoms with Crippen LogP contribution in [0.2, 0.25) is 0 Å². The van der Waals surface area contributed by atoms with Gasteiger partial charge in [-0.05, 0) is 43.2 Å². The molecule has 2 rings (SSSR count). The zero-order chi connectivity index (χ0) is 28.8. The topological polar surface area (TPSA) is 123 Å². The van der Waals surface area contributed by atoms with Crippen molar-refractivity contribution in [2.45, 2.75) is 51.2 Å². The zero-order valence-corrected chi connectivity index (χ0v) is 22.9. The van der Waals surface area contributed by atoms with Crippen LogP contribution >= 0.6 is 0 Å². The number of nitrogens with one attached hydrogen (secondary N) is 2. The summed E-state index contributed by atoms with van der Waals surface area (Å²) in [6.45, 7) is 4.91. The van der Waals surface area contributed by atoms with Gasteiger partial charge in [0.25, 0.3) is 11.8 Å². The van der Waals surface area contributed by atoms with Crippen LogP contribution in [0.4, 0.5) is 8.78 Å². The molecule has 0 unspecified atom stereocenters. The quantitative estimate of drug-likeness (QED) is 0.224. The first-order valence-corrected chi connectivity index (χ1v) is 13.2. The van der Waals surface area contributed by atoms with Gasteiger partial charge in [-0.3, -0.25) is 9.59 Å². The Hall–Kier alpha value is -3.08. The highest BCUT2D eigenvalue weighted by atomic mass is 19.3. The predicted octanol–water partition coefficient (Wildman–Crippen LogP) is 3.48. The minimum Gasteiger partial charge on any atom is -0.493 e. The molecule has 5 N–H and O–H groups in total. The van der Waals surface area contributed by atoms with Crippen LogP contribution in [0.3, 0.4) is 0 Å². The Morgan fingerprint density at radius 3 is 2.28 bits per heavy atom. The molecule has 0 saturated heterocycles. The molecule has 3 atom stereocenters. The van der Waals surface area contributed by atoms with E-state index in [0.29, 0.717) is 30.9 Å². The molecule has 0 bridgehead atoms. The molecular formula is C29H41F2N3O5. The number of halogens is 2. The first-order chi connectivity index (χ1) is 18.6. The summed E-state index contributed by atoms with van der Waals surface area (Å²) in [6, 6.07) is 12.9. The Morgan fingerprint density at radius 1 is 0.974 bits per heavy atom. The molecule has 39 heavy (non-hydrogen) atoms. The van der Waals surface area contributed by atoms with E-state index in [1.54, 1.807) is 37.4 Å². The fraction of sp³-hybridized carbons (Fsp3) is 0.517. The molecule has 0 fully saturated rings. The molecule has 0 radical (unpaired) electrons. The SMILES string of the molecule is COCCCCOc1ccccc1C(=O)NC[C@@H](C[C@H](N)[C@@H](O)CNC(=O)C(F)(F)c1ccccc1)C(C)C. The third-order valence-corrected chi connectivity index (χ3v) is 6.56. The first-order valence-electron chi connectivity index (χ1n) is 13.2. The van der Waals surface area contributed by atoms with Crippen molar-refractivity contribution in [1.29, 1.82) is 0 Å². The van der Waals surface area contributed by atoms with Gasteiger partial charge in [-0.1, -0.05) is 56.3 Å². The van der Waals surface area contributed by atoms with E-state index < -0.39 is 36.1 Å². The first kappa shape index (κ1) is 32.1. The van der Waals surface area contributed by atoms with E-state index in [9.17, 15) is 23.5 Å². The highest BCUT2D eigenvalue weighted by Crippen LogP contribution is 2.28. The Morgan fingerprint density at radius 2 is 1.62 bits per heavy atom. The van der Waals surface area contributed by atoms with Crippen molar-refractivity contribution >= 4 is 11.8 Å². The number of ether oxygens (including phenoxy) is 2. The zero-order valence-electron chi connectivity index (χ0n) is 22.9. The number of methoxy groups -OCH3 is 1. The predicted molar refractivity (Wildman–Crippen MR) is 146 cm³/mol. The third kappa shape index (κ3) is 10.2. The summed E-state index contributed by atoms with van der Waals surface area (Å²) in [5.74, 6) is -5.05. The maximum atomic E-state index is 14.4. The number of nitrogens with two attached hydrogens (primary N) is 1. The third-order valence-electron chi connectivity index (χ3n) is 6.56. The molecule has 0 aromatic heterocycles. The number of benzene rings is 2. The number of rotatable bonds is 17. The lowest BCUT2D eigenvalue weighted by Gasteiger charge is -2.28. The number of amides is 2. The minimum absolute atomic E-state index is 0.104. The molecule has 2 aromatic carbocycles. The van der Waals surface area contributed by atoms with Crippen LogP contribution in [0.5, 0.6) is 5.75 Å². The van der Waals surface area contributed by atoms with E-state index in [0.717, 1.165) is 25.0 Å². The second-order valence-electron chi connectivity index (χ2n) is 9.88. The van der Waals surface area contributed by atoms with Crippen molar-refractivity contribution in [3.8, 4) is 5.75 Å². The lowest BCUT2D eigenvalue weighted by molar-refractivity contribution is -0.147. The van der Waals surface area contributed by atoms with Crippen LogP contribution in [-0.4, -0.2) is 62.5 Å². The van der Waals surface area contributed by atoms with E-state index in [4.69, 9.17) is 15.2 Å². The van der Waals surface area contributed by atoms with Crippen molar-refractivity contribution in [3.05, 3.63) is 65.7 Å². The standard InChI is InChI=1S/C29H41F2N3O5/c1-20(2)21(18-33-27(36)23-13-7-8-14-26(23)39-16-10-9-15-38-3)17-24(32)25(35)19-34-28(37)29(30,31)22-11-5-4-6-12-22/h4-8,11-14,20-21,24-25,35H,9-10,15-19,32H2,1-3H3,(H,33,36)(H,34,37)/t21-,24+,25+/m1/s1. The molecule has 2 aromatic rings. The number of aliphatic hydroxyl groups excluding tert-OH is 1. The normalized spacial score (nSPS) is 13.9. The monoisotopic (exact) mass is 549 g/mol. The Labute approximate surface area is 229 Å². The van der Waals surface area contributed by atoms with Crippen molar-refractivity contribution in [3.63, 3.8) is 0 Å². The number of alkyl halides is 2.